The number of piperidine rings is 1. The summed E-state index contributed by atoms with van der Waals surface area (Å²) in [6.45, 7) is 5.34. The van der Waals surface area contributed by atoms with E-state index in [1.54, 1.807) is 0 Å². The van der Waals surface area contributed by atoms with E-state index in [9.17, 15) is 14.7 Å². The van der Waals surface area contributed by atoms with E-state index in [4.69, 9.17) is 0 Å². The standard InChI is InChI=1S/C16H28N2O3/c1-2-6-16(15(20)21)7-10-18(11-8-16)14(19)4-3-13-5-9-17-12-13/h13,17H,2-12H2,1H3,(H,20,21). The Morgan fingerprint density at radius 2 is 2.05 bits per heavy atom. The van der Waals surface area contributed by atoms with Gasteiger partial charge in [-0.15, -0.1) is 0 Å². The van der Waals surface area contributed by atoms with Crippen LogP contribution >= 0.6 is 0 Å². The molecule has 2 heterocycles. The number of aliphatic carboxylic acids is 1. The highest BCUT2D eigenvalue weighted by Gasteiger charge is 2.41. The molecule has 120 valence electrons. The molecule has 0 spiro atoms. The molecule has 0 aromatic rings. The monoisotopic (exact) mass is 296 g/mol. The van der Waals surface area contributed by atoms with Crippen molar-refractivity contribution in [3.05, 3.63) is 0 Å². The largest absolute Gasteiger partial charge is 0.481 e. The van der Waals surface area contributed by atoms with Gasteiger partial charge in [-0.25, -0.2) is 0 Å². The molecular weight excluding hydrogens is 268 g/mol. The summed E-state index contributed by atoms with van der Waals surface area (Å²) in [6, 6.07) is 0. The lowest BCUT2D eigenvalue weighted by Gasteiger charge is -2.39. The summed E-state index contributed by atoms with van der Waals surface area (Å²) < 4.78 is 0. The molecule has 5 nitrogen and oxygen atoms in total. The molecule has 21 heavy (non-hydrogen) atoms. The van der Waals surface area contributed by atoms with Crippen molar-refractivity contribution in [1.82, 2.24) is 10.2 Å². The number of carbonyl (C=O) groups is 2. The number of amides is 1. The van der Waals surface area contributed by atoms with E-state index in [1.165, 1.54) is 6.42 Å². The van der Waals surface area contributed by atoms with E-state index in [2.05, 4.69) is 5.32 Å². The number of carbonyl (C=O) groups excluding carboxylic acids is 1. The number of nitrogens with one attached hydrogen (secondary N) is 1. The molecule has 1 unspecified atom stereocenters. The second kappa shape index (κ2) is 7.25. The maximum Gasteiger partial charge on any atom is 0.309 e. The van der Waals surface area contributed by atoms with Gasteiger partial charge in [0.15, 0.2) is 0 Å². The summed E-state index contributed by atoms with van der Waals surface area (Å²) in [5.74, 6) is 0.155. The zero-order valence-electron chi connectivity index (χ0n) is 13.1. The van der Waals surface area contributed by atoms with Crippen LogP contribution < -0.4 is 5.32 Å². The first-order valence-corrected chi connectivity index (χ1v) is 8.29. The number of nitrogens with zero attached hydrogens (tertiary/aromatic N) is 1. The molecule has 2 aliphatic heterocycles. The third-order valence-corrected chi connectivity index (χ3v) is 5.18. The zero-order valence-corrected chi connectivity index (χ0v) is 13.1. The molecule has 0 aliphatic carbocycles. The molecule has 0 aromatic heterocycles. The minimum absolute atomic E-state index is 0.206. The van der Waals surface area contributed by atoms with Gasteiger partial charge in [0, 0.05) is 19.5 Å². The van der Waals surface area contributed by atoms with Crippen molar-refractivity contribution < 1.29 is 14.7 Å². The first-order chi connectivity index (χ1) is 10.1. The number of hydrogen-bond acceptors (Lipinski definition) is 3. The van der Waals surface area contributed by atoms with Gasteiger partial charge in [0.05, 0.1) is 5.41 Å². The third kappa shape index (κ3) is 3.96. The van der Waals surface area contributed by atoms with Crippen LogP contribution in [0.1, 0.15) is 51.9 Å². The van der Waals surface area contributed by atoms with Crippen molar-refractivity contribution in [3.8, 4) is 0 Å². The molecule has 0 aromatic carbocycles. The Labute approximate surface area is 127 Å². The first kappa shape index (κ1) is 16.3. The second-order valence-corrected chi connectivity index (χ2v) is 6.61. The lowest BCUT2D eigenvalue weighted by Crippen LogP contribution is -2.46. The van der Waals surface area contributed by atoms with Gasteiger partial charge < -0.3 is 15.3 Å². The first-order valence-electron chi connectivity index (χ1n) is 8.29. The van der Waals surface area contributed by atoms with Crippen molar-refractivity contribution in [2.24, 2.45) is 11.3 Å². The molecule has 2 rings (SSSR count). The molecule has 5 heteroatoms. The highest BCUT2D eigenvalue weighted by Crippen LogP contribution is 2.36. The van der Waals surface area contributed by atoms with Crippen LogP contribution in [0.15, 0.2) is 0 Å². The minimum Gasteiger partial charge on any atom is -0.481 e. The average molecular weight is 296 g/mol. The predicted octanol–water partition coefficient (Wildman–Crippen LogP) is 1.87. The van der Waals surface area contributed by atoms with Crippen LogP contribution in [0, 0.1) is 11.3 Å². The number of likely N-dealkylation sites (tertiary alicyclic amines) is 1. The van der Waals surface area contributed by atoms with Crippen molar-refractivity contribution >= 4 is 11.9 Å². The Hall–Kier alpha value is -1.10. The topological polar surface area (TPSA) is 69.6 Å². The van der Waals surface area contributed by atoms with Gasteiger partial charge in [-0.2, -0.15) is 0 Å². The number of carboxylic acid groups (broad SMARTS) is 1. The number of hydrogen-bond donors (Lipinski definition) is 2. The number of carboxylic acids is 1. The van der Waals surface area contributed by atoms with Gasteiger partial charge in [0.25, 0.3) is 0 Å². The highest BCUT2D eigenvalue weighted by molar-refractivity contribution is 5.78. The summed E-state index contributed by atoms with van der Waals surface area (Å²) in [6.07, 6.45) is 5.56. The number of rotatable bonds is 6. The Morgan fingerprint density at radius 3 is 2.57 bits per heavy atom. The summed E-state index contributed by atoms with van der Waals surface area (Å²) in [7, 11) is 0. The van der Waals surface area contributed by atoms with Crippen molar-refractivity contribution in [2.75, 3.05) is 26.2 Å². The lowest BCUT2D eigenvalue weighted by molar-refractivity contribution is -0.155. The Kier molecular flexibility index (Phi) is 5.62. The van der Waals surface area contributed by atoms with Gasteiger partial charge in [-0.1, -0.05) is 13.3 Å². The fraction of sp³-hybridized carbons (Fsp3) is 0.875. The maximum absolute atomic E-state index is 12.3. The fourth-order valence-electron chi connectivity index (χ4n) is 3.68. The van der Waals surface area contributed by atoms with Crippen LogP contribution in [-0.2, 0) is 9.59 Å². The zero-order chi connectivity index (χ0) is 15.3. The summed E-state index contributed by atoms with van der Waals surface area (Å²) >= 11 is 0. The van der Waals surface area contributed by atoms with Gasteiger partial charge in [0.1, 0.15) is 0 Å². The quantitative estimate of drug-likeness (QED) is 0.785. The van der Waals surface area contributed by atoms with Crippen LogP contribution in [0.2, 0.25) is 0 Å². The molecule has 2 saturated heterocycles. The molecule has 0 bridgehead atoms. The molecular formula is C16H28N2O3. The SMILES string of the molecule is CCCC1(C(=O)O)CCN(C(=O)CCC2CCNC2)CC1. The molecule has 1 atom stereocenters. The van der Waals surface area contributed by atoms with E-state index >= 15 is 0 Å². The van der Waals surface area contributed by atoms with E-state index in [-0.39, 0.29) is 5.91 Å². The van der Waals surface area contributed by atoms with Crippen LogP contribution in [0.5, 0.6) is 0 Å². The Bertz CT molecular complexity index is 370. The summed E-state index contributed by atoms with van der Waals surface area (Å²) in [5, 5.41) is 12.8. The third-order valence-electron chi connectivity index (χ3n) is 5.18. The van der Waals surface area contributed by atoms with Gasteiger partial charge in [-0.3, -0.25) is 9.59 Å². The fourth-order valence-corrected chi connectivity index (χ4v) is 3.68. The Morgan fingerprint density at radius 1 is 1.33 bits per heavy atom. The predicted molar refractivity (Wildman–Crippen MR) is 81.0 cm³/mol. The molecule has 0 radical (unpaired) electrons. The summed E-state index contributed by atoms with van der Waals surface area (Å²) in [5.41, 5.74) is -0.596. The van der Waals surface area contributed by atoms with Crippen LogP contribution in [0.4, 0.5) is 0 Å². The van der Waals surface area contributed by atoms with Gasteiger partial charge in [0.2, 0.25) is 5.91 Å². The molecule has 0 saturated carbocycles. The van der Waals surface area contributed by atoms with E-state index in [0.29, 0.717) is 38.3 Å². The van der Waals surface area contributed by atoms with Crippen LogP contribution in [-0.4, -0.2) is 48.1 Å². The van der Waals surface area contributed by atoms with Crippen molar-refractivity contribution in [2.45, 2.75) is 51.9 Å². The van der Waals surface area contributed by atoms with Crippen molar-refractivity contribution in [3.63, 3.8) is 0 Å². The summed E-state index contributed by atoms with van der Waals surface area (Å²) in [4.78, 5) is 25.7. The second-order valence-electron chi connectivity index (χ2n) is 6.61. The molecule has 2 fully saturated rings. The van der Waals surface area contributed by atoms with Crippen molar-refractivity contribution in [1.29, 1.82) is 0 Å². The van der Waals surface area contributed by atoms with Gasteiger partial charge >= 0.3 is 5.97 Å². The lowest BCUT2D eigenvalue weighted by atomic mass is 9.75. The highest BCUT2D eigenvalue weighted by atomic mass is 16.4. The molecule has 2 aliphatic rings. The van der Waals surface area contributed by atoms with Gasteiger partial charge in [-0.05, 0) is 51.1 Å². The Balaban J connectivity index is 1.79. The van der Waals surface area contributed by atoms with E-state index < -0.39 is 11.4 Å². The van der Waals surface area contributed by atoms with Crippen LogP contribution in [0.25, 0.3) is 0 Å². The molecule has 2 N–H and O–H groups in total. The average Bonchev–Trinajstić information content (AvgIpc) is 2.99. The minimum atomic E-state index is -0.687. The van der Waals surface area contributed by atoms with Crippen LogP contribution in [0.3, 0.4) is 0 Å². The smallest absolute Gasteiger partial charge is 0.309 e. The molecule has 1 amide bonds. The van der Waals surface area contributed by atoms with E-state index in [1.807, 2.05) is 11.8 Å². The normalized spacial score (nSPS) is 25.0. The maximum atomic E-state index is 12.3. The van der Waals surface area contributed by atoms with E-state index in [0.717, 1.165) is 32.4 Å².